The maximum Gasteiger partial charge on any atom is 1.00 e. The summed E-state index contributed by atoms with van der Waals surface area (Å²) in [6.07, 6.45) is 0. The fourth-order valence-corrected chi connectivity index (χ4v) is 3.19. The zero-order chi connectivity index (χ0) is 17.3. The molecule has 0 fully saturated rings. The maximum absolute atomic E-state index is 12.4. The van der Waals surface area contributed by atoms with E-state index in [0.717, 1.165) is 10.5 Å². The summed E-state index contributed by atoms with van der Waals surface area (Å²) >= 11 is 3.29. The maximum atomic E-state index is 12.4. The first-order valence-electron chi connectivity index (χ1n) is 6.74. The summed E-state index contributed by atoms with van der Waals surface area (Å²) in [5.41, 5.74) is 0.336. The molecule has 0 amide bonds. The summed E-state index contributed by atoms with van der Waals surface area (Å²) in [6, 6.07) is 14.0. The molecular formula is C16H10BrN2NaO4S. The summed E-state index contributed by atoms with van der Waals surface area (Å²) in [7, 11) is -4.50. The molecule has 3 rings (SSSR count). The zero-order valence-corrected chi connectivity index (χ0v) is 17.5. The first-order valence-corrected chi connectivity index (χ1v) is 8.97. The third kappa shape index (κ3) is 4.46. The Balaban J connectivity index is 0.00000225. The average Bonchev–Trinajstić information content (AvgIpc) is 2.55. The Kier molecular flexibility index (Phi) is 6.36. The van der Waals surface area contributed by atoms with Gasteiger partial charge in [-0.05, 0) is 35.7 Å². The van der Waals surface area contributed by atoms with Gasteiger partial charge in [0.2, 0.25) is 0 Å². The molecule has 0 spiro atoms. The first kappa shape index (κ1) is 20.0. The van der Waals surface area contributed by atoms with Crippen LogP contribution in [0.15, 0.2) is 74.2 Å². The van der Waals surface area contributed by atoms with Crippen LogP contribution in [0.25, 0.3) is 10.8 Å². The van der Waals surface area contributed by atoms with Crippen molar-refractivity contribution in [3.63, 3.8) is 0 Å². The molecular weight excluding hydrogens is 419 g/mol. The molecule has 25 heavy (non-hydrogen) atoms. The van der Waals surface area contributed by atoms with E-state index in [1.165, 1.54) is 12.1 Å². The molecule has 3 aromatic rings. The number of halogens is 1. The number of azo groups is 1. The van der Waals surface area contributed by atoms with Crippen molar-refractivity contribution in [1.29, 1.82) is 0 Å². The average molecular weight is 429 g/mol. The van der Waals surface area contributed by atoms with E-state index in [0.29, 0.717) is 5.69 Å². The van der Waals surface area contributed by atoms with Gasteiger partial charge in [-0.2, -0.15) is 18.6 Å². The fraction of sp³-hybridized carbons (Fsp3) is 0. The van der Waals surface area contributed by atoms with Crippen LogP contribution in [-0.2, 0) is 10.1 Å². The van der Waals surface area contributed by atoms with Crippen LogP contribution in [0.1, 0.15) is 0 Å². The molecule has 0 saturated carbocycles. The van der Waals surface area contributed by atoms with Gasteiger partial charge in [0.25, 0.3) is 10.1 Å². The van der Waals surface area contributed by atoms with Gasteiger partial charge in [-0.1, -0.05) is 45.9 Å². The number of rotatable bonds is 3. The Bertz CT molecular complexity index is 1050. The minimum absolute atomic E-state index is 0. The number of hydrogen-bond acceptors (Lipinski definition) is 5. The van der Waals surface area contributed by atoms with Crippen LogP contribution in [0.3, 0.4) is 0 Å². The van der Waals surface area contributed by atoms with Gasteiger partial charge in [0, 0.05) is 9.86 Å². The molecule has 0 aliphatic carbocycles. The van der Waals surface area contributed by atoms with E-state index in [4.69, 9.17) is 0 Å². The summed E-state index contributed by atoms with van der Waals surface area (Å²) in [4.78, 5) is -0.373. The van der Waals surface area contributed by atoms with E-state index < -0.39 is 15.9 Å². The van der Waals surface area contributed by atoms with Crippen molar-refractivity contribution in [3.05, 3.63) is 59.1 Å². The molecule has 0 unspecified atom stereocenters. The molecule has 6 nitrogen and oxygen atoms in total. The molecule has 9 heteroatoms. The Hall–Kier alpha value is -1.29. The second kappa shape index (κ2) is 7.94. The third-order valence-corrected chi connectivity index (χ3v) is 4.74. The number of hydrogen-bond donors (Lipinski definition) is 1. The first-order chi connectivity index (χ1) is 11.4. The molecule has 0 saturated heterocycles. The number of fused-ring (bicyclic) bond motifs is 1. The Labute approximate surface area is 174 Å². The van der Waals surface area contributed by atoms with Gasteiger partial charge in [-0.15, -0.1) is 0 Å². The predicted octanol–water partition coefficient (Wildman–Crippen LogP) is 1.34. The number of nitrogens with zero attached hydrogens (tertiary/aromatic N) is 2. The van der Waals surface area contributed by atoms with Gasteiger partial charge in [0.05, 0.1) is 11.4 Å². The molecule has 0 radical (unpaired) electrons. The van der Waals surface area contributed by atoms with Gasteiger partial charge < -0.3 is 5.11 Å². The Morgan fingerprint density at radius 3 is 2.16 bits per heavy atom. The minimum atomic E-state index is -4.50. The molecule has 0 aliphatic heterocycles. The van der Waals surface area contributed by atoms with Crippen LogP contribution in [0.5, 0.6) is 5.75 Å². The fourth-order valence-electron chi connectivity index (χ4n) is 2.21. The van der Waals surface area contributed by atoms with Crippen molar-refractivity contribution in [3.8, 4) is 5.75 Å². The monoisotopic (exact) mass is 428 g/mol. The van der Waals surface area contributed by atoms with Crippen LogP contribution < -0.4 is 34.7 Å². The largest absolute Gasteiger partial charge is 1.00 e. The van der Waals surface area contributed by atoms with Crippen molar-refractivity contribution < 1.29 is 47.6 Å². The SMILES string of the molecule is O=S(=O)(O)c1cc(N=Nc2ccc(Br)cc2)c([O-])c2ccccc12.[Na+]. The van der Waals surface area contributed by atoms with Crippen LogP contribution >= 0.6 is 15.9 Å². The normalized spacial score (nSPS) is 11.6. The summed E-state index contributed by atoms with van der Waals surface area (Å²) in [5.74, 6) is -0.459. The molecule has 122 valence electrons. The van der Waals surface area contributed by atoms with Gasteiger partial charge in [-0.3, -0.25) is 4.55 Å². The Morgan fingerprint density at radius 2 is 1.56 bits per heavy atom. The summed E-state index contributed by atoms with van der Waals surface area (Å²) < 4.78 is 33.5. The minimum Gasteiger partial charge on any atom is -0.871 e. The smallest absolute Gasteiger partial charge is 0.871 e. The van der Waals surface area contributed by atoms with Crippen LogP contribution in [0, 0.1) is 0 Å². The molecule has 0 atom stereocenters. The second-order valence-electron chi connectivity index (χ2n) is 4.92. The van der Waals surface area contributed by atoms with Gasteiger partial charge in [-0.25, -0.2) is 0 Å². The summed E-state index contributed by atoms with van der Waals surface area (Å²) in [5, 5.41) is 20.5. The van der Waals surface area contributed by atoms with Crippen molar-refractivity contribution in [2.24, 2.45) is 10.2 Å². The van der Waals surface area contributed by atoms with Crippen LogP contribution in [-0.4, -0.2) is 13.0 Å². The molecule has 0 heterocycles. The van der Waals surface area contributed by atoms with Crippen LogP contribution in [0.4, 0.5) is 11.4 Å². The second-order valence-corrected chi connectivity index (χ2v) is 7.23. The third-order valence-electron chi connectivity index (χ3n) is 3.32. The molecule has 0 aromatic heterocycles. The summed E-state index contributed by atoms with van der Waals surface area (Å²) in [6.45, 7) is 0. The van der Waals surface area contributed by atoms with Crippen LogP contribution in [0.2, 0.25) is 0 Å². The molecule has 0 aliphatic rings. The van der Waals surface area contributed by atoms with E-state index >= 15 is 0 Å². The van der Waals surface area contributed by atoms with E-state index in [1.807, 2.05) is 0 Å². The number of benzene rings is 3. The zero-order valence-electron chi connectivity index (χ0n) is 13.0. The van der Waals surface area contributed by atoms with E-state index in [2.05, 4.69) is 26.2 Å². The van der Waals surface area contributed by atoms with Crippen molar-refractivity contribution in [1.82, 2.24) is 0 Å². The van der Waals surface area contributed by atoms with E-state index in [1.54, 1.807) is 36.4 Å². The Morgan fingerprint density at radius 1 is 0.960 bits per heavy atom. The van der Waals surface area contributed by atoms with Gasteiger partial charge >= 0.3 is 29.6 Å². The van der Waals surface area contributed by atoms with Crippen molar-refractivity contribution in [2.45, 2.75) is 4.90 Å². The van der Waals surface area contributed by atoms with Crippen molar-refractivity contribution in [2.75, 3.05) is 0 Å². The standard InChI is InChI=1S/C16H11BrN2O4S.Na/c17-10-5-7-11(8-6-10)18-19-14-9-15(24(21,22)23)12-3-1-2-4-13(12)16(14)20;/h1-9,20H,(H,21,22,23);/q;+1/p-1. The molecule has 0 bridgehead atoms. The molecule has 1 N–H and O–H groups in total. The molecule has 3 aromatic carbocycles. The topological polar surface area (TPSA) is 102 Å². The van der Waals surface area contributed by atoms with E-state index in [-0.39, 0.29) is 50.9 Å². The predicted molar refractivity (Wildman–Crippen MR) is 91.5 cm³/mol. The van der Waals surface area contributed by atoms with Crippen molar-refractivity contribution >= 4 is 48.2 Å². The quantitative estimate of drug-likeness (QED) is 0.386. The van der Waals surface area contributed by atoms with E-state index in [9.17, 15) is 18.1 Å². The van der Waals surface area contributed by atoms with Gasteiger partial charge in [0.1, 0.15) is 4.90 Å². The van der Waals surface area contributed by atoms with Gasteiger partial charge in [0.15, 0.2) is 0 Å².